The Labute approximate surface area is 164 Å². The van der Waals surface area contributed by atoms with E-state index in [2.05, 4.69) is 5.32 Å². The van der Waals surface area contributed by atoms with E-state index < -0.39 is 30.2 Å². The number of esters is 1. The average molecular weight is 413 g/mol. The summed E-state index contributed by atoms with van der Waals surface area (Å²) in [5.74, 6) is -2.54. The average Bonchev–Trinajstić information content (AvgIpc) is 2.61. The summed E-state index contributed by atoms with van der Waals surface area (Å²) in [6, 6.07) is 9.83. The van der Waals surface area contributed by atoms with Gasteiger partial charge in [-0.15, -0.1) is 0 Å². The molecule has 0 radical (unpaired) electrons. The number of amides is 2. The molecule has 0 fully saturated rings. The van der Waals surface area contributed by atoms with E-state index >= 15 is 0 Å². The first-order chi connectivity index (χ1) is 12.8. The van der Waals surface area contributed by atoms with Gasteiger partial charge in [-0.3, -0.25) is 9.59 Å². The van der Waals surface area contributed by atoms with Gasteiger partial charge >= 0.3 is 5.97 Å². The molecule has 0 atom stereocenters. The number of ether oxygens (including phenoxy) is 1. The Balaban J connectivity index is 1.85. The number of hydrogen-bond donors (Lipinski definition) is 1. The number of para-hydroxylation sites is 1. The molecule has 0 aromatic heterocycles. The number of carbonyl (C=O) groups is 3. The standard InChI is InChI=1S/C18H15Cl2FN2O4/c1-23(9-16(24)22-15-5-3-2-4-13(15)19)17(25)10-27-18(26)12-7-6-11(21)8-14(12)20/h2-8H,9-10H2,1H3,(H,22,24). The maximum Gasteiger partial charge on any atom is 0.340 e. The molecule has 0 aliphatic rings. The molecule has 142 valence electrons. The van der Waals surface area contributed by atoms with Gasteiger partial charge < -0.3 is 15.0 Å². The van der Waals surface area contributed by atoms with E-state index in [1.54, 1.807) is 24.3 Å². The summed E-state index contributed by atoms with van der Waals surface area (Å²) in [5.41, 5.74) is 0.354. The Hall–Kier alpha value is -2.64. The number of rotatable bonds is 6. The molecule has 27 heavy (non-hydrogen) atoms. The molecule has 0 aliphatic carbocycles. The molecular weight excluding hydrogens is 398 g/mol. The third-order valence-electron chi connectivity index (χ3n) is 3.43. The van der Waals surface area contributed by atoms with Crippen LogP contribution in [0.5, 0.6) is 0 Å². The Bertz CT molecular complexity index is 876. The molecule has 0 heterocycles. The normalized spacial score (nSPS) is 10.2. The van der Waals surface area contributed by atoms with Crippen LogP contribution in [0.25, 0.3) is 0 Å². The molecule has 2 aromatic rings. The topological polar surface area (TPSA) is 75.7 Å². The molecule has 0 aliphatic heterocycles. The lowest BCUT2D eigenvalue weighted by molar-refractivity contribution is -0.136. The van der Waals surface area contributed by atoms with Gasteiger partial charge in [-0.05, 0) is 30.3 Å². The van der Waals surface area contributed by atoms with Gasteiger partial charge in [-0.25, -0.2) is 9.18 Å². The highest BCUT2D eigenvalue weighted by atomic mass is 35.5. The molecule has 9 heteroatoms. The minimum atomic E-state index is -0.873. The van der Waals surface area contributed by atoms with Crippen molar-refractivity contribution < 1.29 is 23.5 Å². The Morgan fingerprint density at radius 2 is 1.81 bits per heavy atom. The first kappa shape index (κ1) is 20.7. The largest absolute Gasteiger partial charge is 0.452 e. The number of nitrogens with zero attached hydrogens (tertiary/aromatic N) is 1. The van der Waals surface area contributed by atoms with E-state index in [0.717, 1.165) is 23.1 Å². The van der Waals surface area contributed by atoms with Gasteiger partial charge in [0.2, 0.25) is 5.91 Å². The highest BCUT2D eigenvalue weighted by molar-refractivity contribution is 6.34. The summed E-state index contributed by atoms with van der Waals surface area (Å²) in [6.07, 6.45) is 0. The fourth-order valence-corrected chi connectivity index (χ4v) is 2.45. The molecule has 2 rings (SSSR count). The van der Waals surface area contributed by atoms with Crippen LogP contribution in [0.4, 0.5) is 10.1 Å². The second-order valence-electron chi connectivity index (χ2n) is 5.48. The molecule has 2 aromatic carbocycles. The van der Waals surface area contributed by atoms with E-state index in [9.17, 15) is 18.8 Å². The lowest BCUT2D eigenvalue weighted by atomic mass is 10.2. The fraction of sp³-hybridized carbons (Fsp3) is 0.167. The Kier molecular flexibility index (Phi) is 7.15. The first-order valence-corrected chi connectivity index (χ1v) is 8.44. The minimum absolute atomic E-state index is 0.0648. The monoisotopic (exact) mass is 412 g/mol. The van der Waals surface area contributed by atoms with Crippen molar-refractivity contribution in [3.63, 3.8) is 0 Å². The van der Waals surface area contributed by atoms with E-state index in [4.69, 9.17) is 27.9 Å². The summed E-state index contributed by atoms with van der Waals surface area (Å²) in [6.45, 7) is -0.860. The highest BCUT2D eigenvalue weighted by Gasteiger charge is 2.18. The van der Waals surface area contributed by atoms with Crippen molar-refractivity contribution in [2.24, 2.45) is 0 Å². The van der Waals surface area contributed by atoms with Crippen molar-refractivity contribution in [3.8, 4) is 0 Å². The Morgan fingerprint density at radius 1 is 1.11 bits per heavy atom. The van der Waals surface area contributed by atoms with Gasteiger partial charge in [-0.1, -0.05) is 35.3 Å². The van der Waals surface area contributed by atoms with Gasteiger partial charge in [0.25, 0.3) is 5.91 Å². The zero-order valence-electron chi connectivity index (χ0n) is 14.2. The van der Waals surface area contributed by atoms with Crippen LogP contribution >= 0.6 is 23.2 Å². The van der Waals surface area contributed by atoms with Crippen LogP contribution in [0, 0.1) is 5.82 Å². The molecule has 0 bridgehead atoms. The van der Waals surface area contributed by atoms with Crippen LogP contribution in [0.3, 0.4) is 0 Å². The van der Waals surface area contributed by atoms with Crippen molar-refractivity contribution >= 4 is 46.7 Å². The fourth-order valence-electron chi connectivity index (χ4n) is 2.03. The number of benzene rings is 2. The van der Waals surface area contributed by atoms with Crippen LogP contribution in [0.1, 0.15) is 10.4 Å². The smallest absolute Gasteiger partial charge is 0.340 e. The maximum atomic E-state index is 13.0. The van der Waals surface area contributed by atoms with Crippen molar-refractivity contribution in [1.82, 2.24) is 4.90 Å². The number of anilines is 1. The summed E-state index contributed by atoms with van der Waals surface area (Å²) >= 11 is 11.7. The third-order valence-corrected chi connectivity index (χ3v) is 4.07. The van der Waals surface area contributed by atoms with Crippen molar-refractivity contribution in [2.45, 2.75) is 0 Å². The molecule has 0 saturated carbocycles. The number of likely N-dealkylation sites (N-methyl/N-ethyl adjacent to an activating group) is 1. The Morgan fingerprint density at radius 3 is 2.48 bits per heavy atom. The molecule has 0 unspecified atom stereocenters. The lowest BCUT2D eigenvalue weighted by Gasteiger charge is -2.17. The minimum Gasteiger partial charge on any atom is -0.452 e. The second-order valence-corrected chi connectivity index (χ2v) is 6.29. The van der Waals surface area contributed by atoms with E-state index in [-0.39, 0.29) is 17.1 Å². The molecule has 1 N–H and O–H groups in total. The van der Waals surface area contributed by atoms with E-state index in [1.165, 1.54) is 7.05 Å². The molecular formula is C18H15Cl2FN2O4. The second kappa shape index (κ2) is 9.34. The SMILES string of the molecule is CN(CC(=O)Nc1ccccc1Cl)C(=O)COC(=O)c1ccc(F)cc1Cl. The van der Waals surface area contributed by atoms with E-state index in [0.29, 0.717) is 10.7 Å². The van der Waals surface area contributed by atoms with Crippen LogP contribution in [0.2, 0.25) is 10.0 Å². The van der Waals surface area contributed by atoms with Crippen LogP contribution in [-0.4, -0.2) is 42.9 Å². The quantitative estimate of drug-likeness (QED) is 0.737. The molecule has 0 saturated heterocycles. The van der Waals surface area contributed by atoms with Gasteiger partial charge in [0.1, 0.15) is 5.82 Å². The van der Waals surface area contributed by atoms with Gasteiger partial charge in [0.15, 0.2) is 6.61 Å². The van der Waals surface area contributed by atoms with Crippen LogP contribution < -0.4 is 5.32 Å². The predicted molar refractivity (Wildman–Crippen MR) is 99.4 cm³/mol. The van der Waals surface area contributed by atoms with Gasteiger partial charge in [0.05, 0.1) is 27.8 Å². The van der Waals surface area contributed by atoms with E-state index in [1.807, 2.05) is 0 Å². The number of carbonyl (C=O) groups excluding carboxylic acids is 3. The summed E-state index contributed by atoms with van der Waals surface area (Å²) in [4.78, 5) is 37.0. The molecule has 2 amide bonds. The van der Waals surface area contributed by atoms with Crippen molar-refractivity contribution in [2.75, 3.05) is 25.5 Å². The number of hydrogen-bond acceptors (Lipinski definition) is 4. The maximum absolute atomic E-state index is 13.0. The van der Waals surface area contributed by atoms with Crippen LogP contribution in [0.15, 0.2) is 42.5 Å². The van der Waals surface area contributed by atoms with Gasteiger partial charge in [-0.2, -0.15) is 0 Å². The zero-order valence-corrected chi connectivity index (χ0v) is 15.7. The predicted octanol–water partition coefficient (Wildman–Crippen LogP) is 3.39. The highest BCUT2D eigenvalue weighted by Crippen LogP contribution is 2.20. The first-order valence-electron chi connectivity index (χ1n) is 7.68. The molecule has 6 nitrogen and oxygen atoms in total. The van der Waals surface area contributed by atoms with Gasteiger partial charge in [0, 0.05) is 7.05 Å². The third kappa shape index (κ3) is 5.94. The summed E-state index contributed by atoms with van der Waals surface area (Å²) in [7, 11) is 1.38. The van der Waals surface area contributed by atoms with Crippen molar-refractivity contribution in [3.05, 3.63) is 63.9 Å². The van der Waals surface area contributed by atoms with Crippen LogP contribution in [-0.2, 0) is 14.3 Å². The summed E-state index contributed by atoms with van der Waals surface area (Å²) < 4.78 is 17.9. The molecule has 0 spiro atoms. The number of nitrogens with one attached hydrogen (secondary N) is 1. The zero-order chi connectivity index (χ0) is 20.0. The lowest BCUT2D eigenvalue weighted by Crippen LogP contribution is -2.37. The number of halogens is 3. The van der Waals surface area contributed by atoms with Crippen molar-refractivity contribution in [1.29, 1.82) is 0 Å². The summed E-state index contributed by atoms with van der Waals surface area (Å²) in [5, 5.41) is 2.81.